The minimum atomic E-state index is -0.363. The van der Waals surface area contributed by atoms with Gasteiger partial charge in [0.1, 0.15) is 11.3 Å². The van der Waals surface area contributed by atoms with E-state index in [2.05, 4.69) is 77.7 Å². The number of hydrogen-bond donors (Lipinski definition) is 1. The van der Waals surface area contributed by atoms with Crippen LogP contribution in [0.1, 0.15) is 0 Å². The molecule has 1 N–H and O–H groups in total. The highest BCUT2D eigenvalue weighted by Crippen LogP contribution is 2.45. The molecular weight excluding hydrogens is 433 g/mol. The van der Waals surface area contributed by atoms with Crippen LogP contribution in [0.2, 0.25) is 0 Å². The fourth-order valence-electron chi connectivity index (χ4n) is 4.61. The second kappa shape index (κ2) is 9.05. The maximum Gasteiger partial charge on any atom is 0.504 e. The first kappa shape index (κ1) is 21.1. The zero-order valence-electron chi connectivity index (χ0n) is 19.0. The van der Waals surface area contributed by atoms with Crippen molar-refractivity contribution in [3.8, 4) is 16.9 Å². The Hall–Kier alpha value is -4.48. The van der Waals surface area contributed by atoms with Crippen LogP contribution in [-0.2, 0) is 0 Å². The third-order valence-electron chi connectivity index (χ3n) is 6.18. The molecule has 1 heterocycles. The van der Waals surface area contributed by atoms with Crippen molar-refractivity contribution < 1.29 is 14.1 Å². The van der Waals surface area contributed by atoms with E-state index < -0.39 is 0 Å². The van der Waals surface area contributed by atoms with Gasteiger partial charge in [-0.1, -0.05) is 78.9 Å². The topological polar surface area (TPSA) is 45.8 Å². The summed E-state index contributed by atoms with van der Waals surface area (Å²) in [7, 11) is -0.363. The molecule has 0 aliphatic carbocycles. The largest absolute Gasteiger partial charge is 0.539 e. The van der Waals surface area contributed by atoms with Crippen molar-refractivity contribution >= 4 is 46.7 Å². The monoisotopic (exact) mass is 455 g/mol. The lowest BCUT2D eigenvalue weighted by atomic mass is 10.0. The summed E-state index contributed by atoms with van der Waals surface area (Å²) in [6.45, 7) is 0. The predicted molar refractivity (Wildman–Crippen MR) is 144 cm³/mol. The van der Waals surface area contributed by atoms with Crippen molar-refractivity contribution in [1.29, 1.82) is 0 Å². The SMILES string of the molecule is OBOc1ccc(N(c2ccccc2-c2ccccc2)c2cccc3c2oc2ccccc23)cc1. The molecule has 0 atom stereocenters. The quantitative estimate of drug-likeness (QED) is 0.267. The highest BCUT2D eigenvalue weighted by molar-refractivity contribution is 6.17. The first-order valence-electron chi connectivity index (χ1n) is 11.5. The molecule has 0 saturated carbocycles. The van der Waals surface area contributed by atoms with E-state index in [1.165, 1.54) is 0 Å². The highest BCUT2D eigenvalue weighted by Gasteiger charge is 2.21. The van der Waals surface area contributed by atoms with Crippen molar-refractivity contribution in [2.45, 2.75) is 0 Å². The van der Waals surface area contributed by atoms with Gasteiger partial charge in [-0.25, -0.2) is 0 Å². The summed E-state index contributed by atoms with van der Waals surface area (Å²) < 4.78 is 11.7. The number of rotatable bonds is 6. The number of nitrogens with zero attached hydrogens (tertiary/aromatic N) is 1. The Bertz CT molecular complexity index is 1610. The average Bonchev–Trinajstić information content (AvgIpc) is 3.30. The Morgan fingerprint density at radius 2 is 1.31 bits per heavy atom. The van der Waals surface area contributed by atoms with Gasteiger partial charge in [0.2, 0.25) is 0 Å². The minimum Gasteiger partial charge on any atom is -0.539 e. The summed E-state index contributed by atoms with van der Waals surface area (Å²) in [4.78, 5) is 2.22. The molecule has 0 aliphatic rings. The van der Waals surface area contributed by atoms with E-state index >= 15 is 0 Å². The molecule has 0 bridgehead atoms. The molecule has 5 heteroatoms. The summed E-state index contributed by atoms with van der Waals surface area (Å²) in [5.41, 5.74) is 6.85. The normalized spacial score (nSPS) is 11.0. The van der Waals surface area contributed by atoms with Crippen LogP contribution in [-0.4, -0.2) is 12.7 Å². The average molecular weight is 455 g/mol. The van der Waals surface area contributed by atoms with Gasteiger partial charge in [-0.2, -0.15) is 0 Å². The highest BCUT2D eigenvalue weighted by atomic mass is 16.5. The molecule has 5 aromatic carbocycles. The molecule has 4 nitrogen and oxygen atoms in total. The zero-order chi connectivity index (χ0) is 23.6. The van der Waals surface area contributed by atoms with Crippen molar-refractivity contribution in [1.82, 2.24) is 0 Å². The second-order valence-corrected chi connectivity index (χ2v) is 8.24. The second-order valence-electron chi connectivity index (χ2n) is 8.24. The summed E-state index contributed by atoms with van der Waals surface area (Å²) in [6, 6.07) is 40.9. The smallest absolute Gasteiger partial charge is 0.504 e. The predicted octanol–water partition coefficient (Wildman–Crippen LogP) is 7.36. The number of anilines is 3. The van der Waals surface area contributed by atoms with Crippen LogP contribution in [0.5, 0.6) is 5.75 Å². The van der Waals surface area contributed by atoms with E-state index in [1.54, 1.807) is 0 Å². The van der Waals surface area contributed by atoms with Gasteiger partial charge in [-0.05, 0) is 48.0 Å². The van der Waals surface area contributed by atoms with Crippen molar-refractivity contribution in [3.05, 3.63) is 121 Å². The van der Waals surface area contributed by atoms with Crippen molar-refractivity contribution in [2.75, 3.05) is 4.90 Å². The number of fused-ring (bicyclic) bond motifs is 3. The molecule has 0 amide bonds. The summed E-state index contributed by atoms with van der Waals surface area (Å²) in [6.07, 6.45) is 0. The summed E-state index contributed by atoms with van der Waals surface area (Å²) >= 11 is 0. The van der Waals surface area contributed by atoms with Crippen LogP contribution in [0.3, 0.4) is 0 Å². The van der Waals surface area contributed by atoms with Crippen molar-refractivity contribution in [2.24, 2.45) is 0 Å². The van der Waals surface area contributed by atoms with E-state index in [4.69, 9.17) is 14.1 Å². The van der Waals surface area contributed by atoms with Gasteiger partial charge >= 0.3 is 7.69 Å². The van der Waals surface area contributed by atoms with E-state index in [9.17, 15) is 0 Å². The van der Waals surface area contributed by atoms with E-state index in [0.717, 1.165) is 50.1 Å². The third-order valence-corrected chi connectivity index (χ3v) is 6.18. The van der Waals surface area contributed by atoms with Crippen LogP contribution in [0.15, 0.2) is 126 Å². The van der Waals surface area contributed by atoms with Gasteiger partial charge in [0.25, 0.3) is 0 Å². The molecule has 0 saturated heterocycles. The Labute approximate surface area is 203 Å². The van der Waals surface area contributed by atoms with Crippen LogP contribution < -0.4 is 9.55 Å². The maximum absolute atomic E-state index is 9.16. The van der Waals surface area contributed by atoms with E-state index in [-0.39, 0.29) is 7.69 Å². The van der Waals surface area contributed by atoms with Gasteiger partial charge in [0, 0.05) is 22.0 Å². The van der Waals surface area contributed by atoms with Crippen LogP contribution in [0.4, 0.5) is 17.1 Å². The molecule has 6 aromatic rings. The number of para-hydroxylation sites is 3. The maximum atomic E-state index is 9.16. The molecule has 0 spiro atoms. The molecule has 0 fully saturated rings. The fourth-order valence-corrected chi connectivity index (χ4v) is 4.61. The molecular formula is C30H22BNO3. The Morgan fingerprint density at radius 3 is 2.14 bits per heavy atom. The Balaban J connectivity index is 1.62. The van der Waals surface area contributed by atoms with E-state index in [1.807, 2.05) is 48.5 Å². The standard InChI is InChI=1S/C30H22BNO3/c33-31-35-23-19-17-22(18-20-23)32(27-14-6-4-11-24(27)21-9-2-1-3-10-21)28-15-8-13-26-25-12-5-7-16-29(25)34-30(26)28/h1-20,31,33H. The van der Waals surface area contributed by atoms with Crippen LogP contribution in [0, 0.1) is 0 Å². The lowest BCUT2D eigenvalue weighted by Crippen LogP contribution is -2.11. The third kappa shape index (κ3) is 3.82. The molecule has 168 valence electrons. The van der Waals surface area contributed by atoms with Gasteiger partial charge in [0.05, 0.1) is 11.4 Å². The van der Waals surface area contributed by atoms with Gasteiger partial charge in [-0.3, -0.25) is 0 Å². The lowest BCUT2D eigenvalue weighted by molar-refractivity contribution is 0.454. The first-order valence-corrected chi connectivity index (χ1v) is 11.5. The molecule has 6 rings (SSSR count). The number of hydrogen-bond acceptors (Lipinski definition) is 4. The molecule has 0 aliphatic heterocycles. The van der Waals surface area contributed by atoms with Gasteiger partial charge in [0.15, 0.2) is 5.58 Å². The minimum absolute atomic E-state index is 0.363. The fraction of sp³-hybridized carbons (Fsp3) is 0. The van der Waals surface area contributed by atoms with Gasteiger partial charge < -0.3 is 19.0 Å². The molecule has 35 heavy (non-hydrogen) atoms. The van der Waals surface area contributed by atoms with Crippen LogP contribution >= 0.6 is 0 Å². The first-order chi connectivity index (χ1) is 17.3. The zero-order valence-corrected chi connectivity index (χ0v) is 19.0. The Kier molecular flexibility index (Phi) is 5.45. The molecule has 0 unspecified atom stereocenters. The van der Waals surface area contributed by atoms with Gasteiger partial charge in [-0.15, -0.1) is 0 Å². The number of benzene rings is 5. The molecule has 1 aromatic heterocycles. The molecule has 0 radical (unpaired) electrons. The summed E-state index contributed by atoms with van der Waals surface area (Å²) in [5.74, 6) is 0.606. The van der Waals surface area contributed by atoms with Crippen molar-refractivity contribution in [3.63, 3.8) is 0 Å². The van der Waals surface area contributed by atoms with Crippen LogP contribution in [0.25, 0.3) is 33.1 Å². The summed E-state index contributed by atoms with van der Waals surface area (Å²) in [5, 5.41) is 11.3. The lowest BCUT2D eigenvalue weighted by Gasteiger charge is -2.28. The Morgan fingerprint density at radius 1 is 0.629 bits per heavy atom. The van der Waals surface area contributed by atoms with E-state index in [0.29, 0.717) is 5.75 Å². The number of furan rings is 1.